The molecule has 4 bridgehead atoms. The molecule has 5 fully saturated rings. The smallest absolute Gasteiger partial charge is 0.226 e. The van der Waals surface area contributed by atoms with E-state index in [4.69, 9.17) is 0 Å². The van der Waals surface area contributed by atoms with Crippen molar-refractivity contribution in [1.82, 2.24) is 9.80 Å². The van der Waals surface area contributed by atoms with Crippen molar-refractivity contribution in [2.45, 2.75) is 51.4 Å². The zero-order valence-electron chi connectivity index (χ0n) is 14.7. The maximum absolute atomic E-state index is 12.8. The molecular weight excluding hydrogens is 300 g/mol. The maximum Gasteiger partial charge on any atom is 0.226 e. The Labute approximate surface area is 144 Å². The van der Waals surface area contributed by atoms with E-state index in [1.165, 1.54) is 38.5 Å². The van der Waals surface area contributed by atoms with Gasteiger partial charge in [-0.1, -0.05) is 12.8 Å². The molecule has 6 atom stereocenters. The van der Waals surface area contributed by atoms with Gasteiger partial charge < -0.3 is 9.80 Å². The quantitative estimate of drug-likeness (QED) is 0.781. The summed E-state index contributed by atoms with van der Waals surface area (Å²) in [5, 5.41) is 0. The van der Waals surface area contributed by atoms with Crippen LogP contribution >= 0.6 is 0 Å². The Hall–Kier alpha value is -1.06. The SMILES string of the molecule is O=C([C@H]1C[C@@H]2CC[C@H]1C2)N1CCN(C(=O)[C@@H]2C[C@@H]3CC[C@@H]2C3)CC1. The van der Waals surface area contributed by atoms with E-state index < -0.39 is 0 Å². The van der Waals surface area contributed by atoms with Crippen molar-refractivity contribution in [1.29, 1.82) is 0 Å². The lowest BCUT2D eigenvalue weighted by atomic mass is 9.87. The van der Waals surface area contributed by atoms with Gasteiger partial charge in [0, 0.05) is 38.0 Å². The summed E-state index contributed by atoms with van der Waals surface area (Å²) in [6, 6.07) is 0. The van der Waals surface area contributed by atoms with Gasteiger partial charge in [-0.3, -0.25) is 9.59 Å². The van der Waals surface area contributed by atoms with Crippen molar-refractivity contribution >= 4 is 11.8 Å². The summed E-state index contributed by atoms with van der Waals surface area (Å²) in [6.07, 6.45) is 10.1. The Morgan fingerprint density at radius 2 is 1.00 bits per heavy atom. The molecule has 4 saturated carbocycles. The summed E-state index contributed by atoms with van der Waals surface area (Å²) < 4.78 is 0. The Balaban J connectivity index is 1.16. The summed E-state index contributed by atoms with van der Waals surface area (Å²) in [7, 11) is 0. The van der Waals surface area contributed by atoms with Crippen LogP contribution in [0.5, 0.6) is 0 Å². The zero-order chi connectivity index (χ0) is 16.3. The Kier molecular flexibility index (Phi) is 3.64. The van der Waals surface area contributed by atoms with E-state index in [0.29, 0.717) is 35.5 Å². The van der Waals surface area contributed by atoms with Gasteiger partial charge in [-0.25, -0.2) is 0 Å². The first-order valence-corrected chi connectivity index (χ1v) is 10.3. The highest BCUT2D eigenvalue weighted by molar-refractivity contribution is 5.82. The normalized spacial score (nSPS) is 43.7. The van der Waals surface area contributed by atoms with E-state index in [-0.39, 0.29) is 0 Å². The van der Waals surface area contributed by atoms with E-state index >= 15 is 0 Å². The molecule has 4 nitrogen and oxygen atoms in total. The number of hydrogen-bond acceptors (Lipinski definition) is 2. The van der Waals surface area contributed by atoms with Crippen molar-refractivity contribution in [3.8, 4) is 0 Å². The highest BCUT2D eigenvalue weighted by Gasteiger charge is 2.46. The summed E-state index contributed by atoms with van der Waals surface area (Å²) in [6.45, 7) is 3.05. The fourth-order valence-corrected chi connectivity index (χ4v) is 6.71. The Morgan fingerprint density at radius 1 is 0.583 bits per heavy atom. The molecule has 4 heteroatoms. The molecule has 0 radical (unpaired) electrons. The van der Waals surface area contributed by atoms with E-state index in [1.54, 1.807) is 0 Å². The van der Waals surface area contributed by atoms with Gasteiger partial charge in [-0.15, -0.1) is 0 Å². The minimum absolute atomic E-state index is 0.302. The fourth-order valence-electron chi connectivity index (χ4n) is 6.71. The fraction of sp³-hybridized carbons (Fsp3) is 0.900. The van der Waals surface area contributed by atoms with Crippen LogP contribution in [0.3, 0.4) is 0 Å². The lowest BCUT2D eigenvalue weighted by Gasteiger charge is -2.39. The van der Waals surface area contributed by atoms with Crippen molar-refractivity contribution in [2.24, 2.45) is 35.5 Å². The molecule has 1 heterocycles. The van der Waals surface area contributed by atoms with Gasteiger partial charge in [0.15, 0.2) is 0 Å². The van der Waals surface area contributed by atoms with Gasteiger partial charge in [-0.2, -0.15) is 0 Å². The third kappa shape index (κ3) is 2.40. The first-order valence-electron chi connectivity index (χ1n) is 10.3. The molecule has 24 heavy (non-hydrogen) atoms. The topological polar surface area (TPSA) is 40.6 Å². The first-order chi connectivity index (χ1) is 11.7. The minimum Gasteiger partial charge on any atom is -0.339 e. The maximum atomic E-state index is 12.8. The van der Waals surface area contributed by atoms with Gasteiger partial charge in [0.05, 0.1) is 0 Å². The number of piperazine rings is 1. The largest absolute Gasteiger partial charge is 0.339 e. The molecule has 4 aliphatic carbocycles. The molecule has 5 rings (SSSR count). The van der Waals surface area contributed by atoms with Gasteiger partial charge in [0.2, 0.25) is 11.8 Å². The minimum atomic E-state index is 0.302. The molecule has 0 spiro atoms. The average Bonchev–Trinajstić information content (AvgIpc) is 3.41. The number of carbonyl (C=O) groups is 2. The number of hydrogen-bond donors (Lipinski definition) is 0. The number of amides is 2. The second-order valence-electron chi connectivity index (χ2n) is 9.21. The Bertz CT molecular complexity index is 492. The predicted molar refractivity (Wildman–Crippen MR) is 91.0 cm³/mol. The molecule has 0 aromatic heterocycles. The van der Waals surface area contributed by atoms with E-state index in [0.717, 1.165) is 50.9 Å². The van der Waals surface area contributed by atoms with E-state index in [2.05, 4.69) is 9.80 Å². The van der Waals surface area contributed by atoms with Crippen molar-refractivity contribution in [3.05, 3.63) is 0 Å². The molecule has 1 saturated heterocycles. The van der Waals surface area contributed by atoms with E-state index in [1.807, 2.05) is 0 Å². The van der Waals surface area contributed by atoms with Crippen molar-refractivity contribution < 1.29 is 9.59 Å². The lowest BCUT2D eigenvalue weighted by Crippen LogP contribution is -2.53. The van der Waals surface area contributed by atoms with Gasteiger partial charge in [0.1, 0.15) is 0 Å². The number of carbonyl (C=O) groups excluding carboxylic acids is 2. The van der Waals surface area contributed by atoms with Gasteiger partial charge in [-0.05, 0) is 62.2 Å². The van der Waals surface area contributed by atoms with E-state index in [9.17, 15) is 9.59 Å². The summed E-state index contributed by atoms with van der Waals surface area (Å²) >= 11 is 0. The van der Waals surface area contributed by atoms with Crippen LogP contribution in [-0.2, 0) is 9.59 Å². The van der Waals surface area contributed by atoms with Crippen LogP contribution in [0.4, 0.5) is 0 Å². The summed E-state index contributed by atoms with van der Waals surface area (Å²) in [5.74, 6) is 4.37. The molecule has 1 aliphatic heterocycles. The van der Waals surface area contributed by atoms with Crippen LogP contribution in [0.15, 0.2) is 0 Å². The second kappa shape index (κ2) is 5.74. The molecule has 132 valence electrons. The second-order valence-corrected chi connectivity index (χ2v) is 9.21. The standard InChI is InChI=1S/C20H30N2O2/c23-19(17-11-13-1-3-15(17)9-13)21-5-7-22(8-6-21)20(24)18-12-14-2-4-16(18)10-14/h13-18H,1-12H2/t13-,14-,15-,16+,17-,18+/m1/s1. The highest BCUT2D eigenvalue weighted by atomic mass is 16.2. The number of rotatable bonds is 2. The molecule has 5 aliphatic rings. The third-order valence-electron chi connectivity index (χ3n) is 8.01. The van der Waals surface area contributed by atoms with Crippen LogP contribution in [0, 0.1) is 35.5 Å². The number of nitrogens with zero attached hydrogens (tertiary/aromatic N) is 2. The van der Waals surface area contributed by atoms with Crippen LogP contribution in [0.2, 0.25) is 0 Å². The average molecular weight is 330 g/mol. The third-order valence-corrected chi connectivity index (χ3v) is 8.01. The van der Waals surface area contributed by atoms with Crippen molar-refractivity contribution in [3.63, 3.8) is 0 Å². The van der Waals surface area contributed by atoms with Crippen LogP contribution in [0.1, 0.15) is 51.4 Å². The first kappa shape index (κ1) is 15.2. The molecule has 0 aromatic carbocycles. The van der Waals surface area contributed by atoms with Gasteiger partial charge in [0.25, 0.3) is 0 Å². The van der Waals surface area contributed by atoms with Gasteiger partial charge >= 0.3 is 0 Å². The predicted octanol–water partition coefficient (Wildman–Crippen LogP) is 2.53. The molecular formula is C20H30N2O2. The molecule has 0 N–H and O–H groups in total. The van der Waals surface area contributed by atoms with Crippen molar-refractivity contribution in [2.75, 3.05) is 26.2 Å². The zero-order valence-corrected chi connectivity index (χ0v) is 14.7. The summed E-state index contributed by atoms with van der Waals surface area (Å²) in [5.41, 5.74) is 0. The molecule has 2 amide bonds. The number of fused-ring (bicyclic) bond motifs is 4. The highest BCUT2D eigenvalue weighted by Crippen LogP contribution is 2.50. The molecule has 0 aromatic rings. The van der Waals surface area contributed by atoms with Crippen LogP contribution < -0.4 is 0 Å². The Morgan fingerprint density at radius 3 is 1.29 bits per heavy atom. The lowest BCUT2D eigenvalue weighted by molar-refractivity contribution is -0.145. The summed E-state index contributed by atoms with van der Waals surface area (Å²) in [4.78, 5) is 29.8. The molecule has 0 unspecified atom stereocenters. The van der Waals surface area contributed by atoms with Crippen LogP contribution in [-0.4, -0.2) is 47.8 Å². The monoisotopic (exact) mass is 330 g/mol. The van der Waals surface area contributed by atoms with Crippen LogP contribution in [0.25, 0.3) is 0 Å².